The molecule has 3 rings (SSSR count). The molecule has 1 atom stereocenters. The molecule has 1 fully saturated rings. The smallest absolute Gasteiger partial charge is 0.304 e. The van der Waals surface area contributed by atoms with Crippen LogP contribution in [0.2, 0.25) is 0 Å². The van der Waals surface area contributed by atoms with Crippen molar-refractivity contribution in [3.8, 4) is 0 Å². The van der Waals surface area contributed by atoms with Gasteiger partial charge in [0.2, 0.25) is 5.91 Å². The molecule has 1 amide bonds. The number of nitrogens with zero attached hydrogens (tertiary/aromatic N) is 1. The fourth-order valence-electron chi connectivity index (χ4n) is 2.97. The summed E-state index contributed by atoms with van der Waals surface area (Å²) in [7, 11) is 0. The van der Waals surface area contributed by atoms with E-state index in [9.17, 15) is 14.4 Å². The molecule has 1 N–H and O–H groups in total. The third-order valence-electron chi connectivity index (χ3n) is 4.19. The lowest BCUT2D eigenvalue weighted by atomic mass is 9.91. The van der Waals surface area contributed by atoms with Crippen LogP contribution in [-0.4, -0.2) is 40.0 Å². The number of carboxylic acid groups (broad SMARTS) is 1. The second-order valence-electron chi connectivity index (χ2n) is 5.59. The van der Waals surface area contributed by atoms with E-state index in [0.29, 0.717) is 22.7 Å². The summed E-state index contributed by atoms with van der Waals surface area (Å²) in [6.07, 6.45) is 0.541. The van der Waals surface area contributed by atoms with Crippen molar-refractivity contribution in [2.24, 2.45) is 5.92 Å². The first-order valence-corrected chi connectivity index (χ1v) is 8.55. The lowest BCUT2D eigenvalue weighted by Crippen LogP contribution is -2.29. The first kappa shape index (κ1) is 15.8. The summed E-state index contributed by atoms with van der Waals surface area (Å²) in [6.45, 7) is 2.58. The third-order valence-corrected chi connectivity index (χ3v) is 5.29. The van der Waals surface area contributed by atoms with Crippen molar-refractivity contribution in [2.45, 2.75) is 19.8 Å². The molecule has 120 valence electrons. The Labute approximate surface area is 138 Å². The Kier molecular flexibility index (Phi) is 4.26. The Hall–Kier alpha value is -2.08. The zero-order valence-electron chi connectivity index (χ0n) is 12.7. The number of ketones is 1. The van der Waals surface area contributed by atoms with Crippen LogP contribution in [0.3, 0.4) is 0 Å². The SMILES string of the molecule is CCc1ccc(C(=O)C2=C3SCCN3C(=O)C2CC(=O)O)cc1. The average Bonchev–Trinajstić information content (AvgIpc) is 3.10. The largest absolute Gasteiger partial charge is 0.481 e. The molecular formula is C17H17NO4S. The number of amides is 1. The monoisotopic (exact) mass is 331 g/mol. The van der Waals surface area contributed by atoms with Gasteiger partial charge in [-0.2, -0.15) is 0 Å². The molecule has 2 heterocycles. The van der Waals surface area contributed by atoms with E-state index in [2.05, 4.69) is 0 Å². The Bertz CT molecular complexity index is 708. The molecule has 0 bridgehead atoms. The molecule has 1 aromatic rings. The van der Waals surface area contributed by atoms with E-state index in [4.69, 9.17) is 5.11 Å². The summed E-state index contributed by atoms with van der Waals surface area (Å²) in [5.41, 5.74) is 1.98. The number of carbonyl (C=O) groups excluding carboxylic acids is 2. The minimum Gasteiger partial charge on any atom is -0.481 e. The zero-order valence-corrected chi connectivity index (χ0v) is 13.6. The van der Waals surface area contributed by atoms with Gasteiger partial charge < -0.3 is 10.0 Å². The van der Waals surface area contributed by atoms with Crippen LogP contribution in [0.15, 0.2) is 34.9 Å². The summed E-state index contributed by atoms with van der Waals surface area (Å²) in [4.78, 5) is 38.0. The van der Waals surface area contributed by atoms with Gasteiger partial charge in [-0.3, -0.25) is 14.4 Å². The van der Waals surface area contributed by atoms with Gasteiger partial charge in [-0.05, 0) is 12.0 Å². The van der Waals surface area contributed by atoms with E-state index >= 15 is 0 Å². The first-order chi connectivity index (χ1) is 11.0. The van der Waals surface area contributed by atoms with E-state index in [1.165, 1.54) is 11.8 Å². The van der Waals surface area contributed by atoms with E-state index in [-0.39, 0.29) is 18.1 Å². The highest BCUT2D eigenvalue weighted by atomic mass is 32.2. The van der Waals surface area contributed by atoms with Gasteiger partial charge in [-0.15, -0.1) is 11.8 Å². The molecule has 23 heavy (non-hydrogen) atoms. The topological polar surface area (TPSA) is 74.7 Å². The Balaban J connectivity index is 1.98. The molecule has 0 spiro atoms. The molecule has 0 saturated carbocycles. The molecule has 0 aliphatic carbocycles. The van der Waals surface area contributed by atoms with Crippen molar-refractivity contribution in [1.29, 1.82) is 0 Å². The highest BCUT2D eigenvalue weighted by molar-refractivity contribution is 8.03. The molecular weight excluding hydrogens is 314 g/mol. The maximum Gasteiger partial charge on any atom is 0.304 e. The first-order valence-electron chi connectivity index (χ1n) is 7.56. The van der Waals surface area contributed by atoms with Crippen molar-refractivity contribution in [2.75, 3.05) is 12.3 Å². The predicted molar refractivity (Wildman–Crippen MR) is 87.1 cm³/mol. The van der Waals surface area contributed by atoms with E-state index in [1.807, 2.05) is 19.1 Å². The van der Waals surface area contributed by atoms with Gasteiger partial charge in [0.15, 0.2) is 5.78 Å². The summed E-state index contributed by atoms with van der Waals surface area (Å²) in [5.74, 6) is -1.69. The highest BCUT2D eigenvalue weighted by Crippen LogP contribution is 2.43. The van der Waals surface area contributed by atoms with Crippen LogP contribution in [0.25, 0.3) is 0 Å². The Morgan fingerprint density at radius 3 is 2.61 bits per heavy atom. The van der Waals surface area contributed by atoms with Crippen LogP contribution in [-0.2, 0) is 16.0 Å². The van der Waals surface area contributed by atoms with Crippen molar-refractivity contribution in [3.63, 3.8) is 0 Å². The number of rotatable bonds is 5. The van der Waals surface area contributed by atoms with Crippen LogP contribution in [0.5, 0.6) is 0 Å². The molecule has 2 aliphatic rings. The maximum absolute atomic E-state index is 12.9. The maximum atomic E-state index is 12.9. The summed E-state index contributed by atoms with van der Waals surface area (Å²) in [5, 5.41) is 9.73. The average molecular weight is 331 g/mol. The quantitative estimate of drug-likeness (QED) is 0.838. The number of benzene rings is 1. The van der Waals surface area contributed by atoms with Crippen LogP contribution in [0.4, 0.5) is 0 Å². The number of thioether (sulfide) groups is 1. The normalized spacial score (nSPS) is 20.1. The van der Waals surface area contributed by atoms with Crippen molar-refractivity contribution < 1.29 is 19.5 Å². The van der Waals surface area contributed by atoms with Crippen LogP contribution in [0, 0.1) is 5.92 Å². The lowest BCUT2D eigenvalue weighted by molar-refractivity contribution is -0.141. The second-order valence-corrected chi connectivity index (χ2v) is 6.67. The zero-order chi connectivity index (χ0) is 16.6. The van der Waals surface area contributed by atoms with Gasteiger partial charge in [-0.25, -0.2) is 0 Å². The molecule has 1 saturated heterocycles. The van der Waals surface area contributed by atoms with Gasteiger partial charge in [-0.1, -0.05) is 31.2 Å². The minimum atomic E-state index is -1.07. The number of aryl methyl sites for hydroxylation is 1. The molecule has 5 nitrogen and oxygen atoms in total. The minimum absolute atomic E-state index is 0.237. The Morgan fingerprint density at radius 1 is 1.30 bits per heavy atom. The third kappa shape index (κ3) is 2.79. The molecule has 6 heteroatoms. The number of carbonyl (C=O) groups is 3. The highest BCUT2D eigenvalue weighted by Gasteiger charge is 2.45. The number of fused-ring (bicyclic) bond motifs is 1. The lowest BCUT2D eigenvalue weighted by Gasteiger charge is -2.12. The second kappa shape index (κ2) is 6.20. The summed E-state index contributed by atoms with van der Waals surface area (Å²) < 4.78 is 0. The van der Waals surface area contributed by atoms with Crippen molar-refractivity contribution >= 4 is 29.4 Å². The number of carboxylic acids is 1. The standard InChI is InChI=1S/C17H17NO4S/c1-2-10-3-5-11(6-4-10)15(21)14-12(9-13(19)20)16(22)18-7-8-23-17(14)18/h3-6,12H,2,7-9H2,1H3,(H,19,20). The van der Waals surface area contributed by atoms with Gasteiger partial charge in [0.25, 0.3) is 0 Å². The molecule has 2 aliphatic heterocycles. The number of aliphatic carboxylic acids is 1. The van der Waals surface area contributed by atoms with Gasteiger partial charge in [0.05, 0.1) is 17.4 Å². The predicted octanol–water partition coefficient (Wildman–Crippen LogP) is 2.32. The molecule has 0 aromatic heterocycles. The fourth-order valence-corrected chi connectivity index (χ4v) is 4.17. The number of hydrogen-bond donors (Lipinski definition) is 1. The van der Waals surface area contributed by atoms with E-state index < -0.39 is 11.9 Å². The fraction of sp³-hybridized carbons (Fsp3) is 0.353. The van der Waals surface area contributed by atoms with Crippen LogP contribution < -0.4 is 0 Å². The van der Waals surface area contributed by atoms with Gasteiger partial charge >= 0.3 is 5.97 Å². The van der Waals surface area contributed by atoms with Crippen molar-refractivity contribution in [3.05, 3.63) is 46.0 Å². The van der Waals surface area contributed by atoms with Crippen LogP contribution >= 0.6 is 11.8 Å². The number of Topliss-reactive ketones (excluding diaryl/α,β-unsaturated/α-hetero) is 1. The van der Waals surface area contributed by atoms with E-state index in [0.717, 1.165) is 17.7 Å². The molecule has 1 unspecified atom stereocenters. The molecule has 1 aromatic carbocycles. The van der Waals surface area contributed by atoms with Gasteiger partial charge in [0.1, 0.15) is 0 Å². The van der Waals surface area contributed by atoms with Crippen molar-refractivity contribution in [1.82, 2.24) is 4.90 Å². The van der Waals surface area contributed by atoms with Crippen LogP contribution in [0.1, 0.15) is 29.3 Å². The summed E-state index contributed by atoms with van der Waals surface area (Å²) >= 11 is 1.46. The summed E-state index contributed by atoms with van der Waals surface area (Å²) in [6, 6.07) is 7.28. The van der Waals surface area contributed by atoms with E-state index in [1.54, 1.807) is 17.0 Å². The Morgan fingerprint density at radius 2 is 2.00 bits per heavy atom. The van der Waals surface area contributed by atoms with Gasteiger partial charge in [0, 0.05) is 23.4 Å². The molecule has 0 radical (unpaired) electrons. The number of hydrogen-bond acceptors (Lipinski definition) is 4.